The molecule has 0 spiro atoms. The van der Waals surface area contributed by atoms with Crippen molar-refractivity contribution in [1.29, 1.82) is 0 Å². The van der Waals surface area contributed by atoms with E-state index in [1.54, 1.807) is 6.92 Å². The molecule has 3 amide bonds. The zero-order valence-corrected chi connectivity index (χ0v) is 18.4. The van der Waals surface area contributed by atoms with Gasteiger partial charge in [0.1, 0.15) is 18.1 Å². The lowest BCUT2D eigenvalue weighted by Crippen LogP contribution is -2.53. The van der Waals surface area contributed by atoms with Crippen molar-refractivity contribution in [3.05, 3.63) is 0 Å². The van der Waals surface area contributed by atoms with Gasteiger partial charge in [-0.15, -0.1) is 0 Å². The van der Waals surface area contributed by atoms with Gasteiger partial charge in [0.2, 0.25) is 17.7 Å². The Morgan fingerprint density at radius 1 is 0.655 bits per heavy atom. The highest BCUT2D eigenvalue weighted by atomic mass is 16.4. The van der Waals surface area contributed by atoms with E-state index in [4.69, 9.17) is 5.11 Å². The minimum absolute atomic E-state index is 0.188. The van der Waals surface area contributed by atoms with Gasteiger partial charge in [-0.25, -0.2) is 0 Å². The molecule has 0 radical (unpaired) electrons. The molecule has 3 atom stereocenters. The van der Waals surface area contributed by atoms with Crippen molar-refractivity contribution < 1.29 is 24.3 Å². The average Bonchev–Trinajstić information content (AvgIpc) is 2.66. The smallest absolute Gasteiger partial charge is 0.325 e. The van der Waals surface area contributed by atoms with Crippen LogP contribution in [0.1, 0.15) is 91.9 Å². The molecule has 0 saturated heterocycles. The molecule has 0 aliphatic rings. The summed E-state index contributed by atoms with van der Waals surface area (Å²) in [6.07, 6.45) is 10.9. The number of nitrogens with one attached hydrogen (secondary N) is 3. The van der Waals surface area contributed by atoms with Crippen LogP contribution in [0.4, 0.5) is 0 Å². The summed E-state index contributed by atoms with van der Waals surface area (Å²) in [5.41, 5.74) is 0. The van der Waals surface area contributed by atoms with E-state index in [0.717, 1.165) is 19.3 Å². The third-order valence-corrected chi connectivity index (χ3v) is 4.76. The van der Waals surface area contributed by atoms with Crippen molar-refractivity contribution in [2.75, 3.05) is 0 Å². The number of rotatable bonds is 16. The van der Waals surface area contributed by atoms with Gasteiger partial charge >= 0.3 is 5.97 Å². The first-order valence-electron chi connectivity index (χ1n) is 10.8. The molecule has 8 heteroatoms. The van der Waals surface area contributed by atoms with Crippen molar-refractivity contribution in [2.24, 2.45) is 0 Å². The van der Waals surface area contributed by atoms with Crippen LogP contribution in [-0.2, 0) is 19.2 Å². The van der Waals surface area contributed by atoms with Gasteiger partial charge in [0.15, 0.2) is 0 Å². The van der Waals surface area contributed by atoms with Gasteiger partial charge in [0, 0.05) is 6.42 Å². The molecule has 4 N–H and O–H groups in total. The number of carboxylic acid groups (broad SMARTS) is 1. The summed E-state index contributed by atoms with van der Waals surface area (Å²) in [6, 6.07) is -2.72. The first-order chi connectivity index (χ1) is 13.7. The third-order valence-electron chi connectivity index (χ3n) is 4.76. The minimum Gasteiger partial charge on any atom is -0.480 e. The molecule has 168 valence electrons. The van der Waals surface area contributed by atoms with Crippen molar-refractivity contribution >= 4 is 23.7 Å². The summed E-state index contributed by atoms with van der Waals surface area (Å²) in [5.74, 6) is -2.43. The van der Waals surface area contributed by atoms with Gasteiger partial charge in [-0.1, -0.05) is 58.3 Å². The predicted octanol–water partition coefficient (Wildman–Crippen LogP) is 2.51. The van der Waals surface area contributed by atoms with Crippen LogP contribution in [0.25, 0.3) is 0 Å². The molecule has 29 heavy (non-hydrogen) atoms. The van der Waals surface area contributed by atoms with Crippen LogP contribution >= 0.6 is 0 Å². The van der Waals surface area contributed by atoms with Crippen LogP contribution in [-0.4, -0.2) is 46.9 Å². The quantitative estimate of drug-likeness (QED) is 0.289. The predicted molar refractivity (Wildman–Crippen MR) is 112 cm³/mol. The summed E-state index contributed by atoms with van der Waals surface area (Å²) >= 11 is 0. The van der Waals surface area contributed by atoms with Crippen molar-refractivity contribution in [1.82, 2.24) is 16.0 Å². The molecule has 0 heterocycles. The van der Waals surface area contributed by atoms with Gasteiger partial charge in [-0.2, -0.15) is 0 Å². The maximum Gasteiger partial charge on any atom is 0.325 e. The molecule has 8 nitrogen and oxygen atoms in total. The first-order valence-corrected chi connectivity index (χ1v) is 10.8. The van der Waals surface area contributed by atoms with Crippen LogP contribution in [0, 0.1) is 0 Å². The molecular weight excluding hydrogens is 374 g/mol. The zero-order valence-electron chi connectivity index (χ0n) is 18.4. The number of aliphatic carboxylic acids is 1. The highest BCUT2D eigenvalue weighted by Crippen LogP contribution is 2.10. The minimum atomic E-state index is -1.16. The fraction of sp³-hybridized carbons (Fsp3) is 0.810. The molecule has 0 rings (SSSR count). The molecule has 0 bridgehead atoms. The maximum atomic E-state index is 12.1. The van der Waals surface area contributed by atoms with Gasteiger partial charge in [-0.3, -0.25) is 19.2 Å². The van der Waals surface area contributed by atoms with Gasteiger partial charge < -0.3 is 21.1 Å². The van der Waals surface area contributed by atoms with E-state index in [9.17, 15) is 19.2 Å². The summed E-state index contributed by atoms with van der Waals surface area (Å²) in [7, 11) is 0. The zero-order chi connectivity index (χ0) is 22.2. The Hall–Kier alpha value is -2.12. The second-order valence-electron chi connectivity index (χ2n) is 7.67. The SMILES string of the molecule is CCCCCCCCCCCC(=O)NC(C)C(=O)NC(C)C(=O)NC(C)C(=O)O. The lowest BCUT2D eigenvalue weighted by atomic mass is 10.1. The van der Waals surface area contributed by atoms with Gasteiger partial charge in [-0.05, 0) is 27.2 Å². The molecule has 3 unspecified atom stereocenters. The van der Waals surface area contributed by atoms with Crippen molar-refractivity contribution in [2.45, 2.75) is 110 Å². The normalized spacial score (nSPS) is 13.8. The highest BCUT2D eigenvalue weighted by Gasteiger charge is 2.23. The molecule has 0 aromatic heterocycles. The second kappa shape index (κ2) is 15.8. The van der Waals surface area contributed by atoms with E-state index in [2.05, 4.69) is 22.9 Å². The largest absolute Gasteiger partial charge is 0.480 e. The highest BCUT2D eigenvalue weighted by molar-refractivity contribution is 5.92. The Morgan fingerprint density at radius 3 is 1.55 bits per heavy atom. The van der Waals surface area contributed by atoms with Crippen molar-refractivity contribution in [3.8, 4) is 0 Å². The van der Waals surface area contributed by atoms with Crippen LogP contribution in [0.2, 0.25) is 0 Å². The Bertz CT molecular complexity index is 524. The van der Waals surface area contributed by atoms with Crippen LogP contribution < -0.4 is 16.0 Å². The number of hydrogen-bond donors (Lipinski definition) is 4. The fourth-order valence-corrected chi connectivity index (χ4v) is 2.78. The molecule has 0 aromatic rings. The number of carboxylic acids is 1. The monoisotopic (exact) mass is 413 g/mol. The molecule has 0 aromatic carbocycles. The van der Waals surface area contributed by atoms with E-state index in [1.807, 2.05) is 0 Å². The summed E-state index contributed by atoms with van der Waals surface area (Å²) < 4.78 is 0. The number of carbonyl (C=O) groups excluding carboxylic acids is 3. The van der Waals surface area contributed by atoms with E-state index in [-0.39, 0.29) is 5.91 Å². The molecule has 0 aliphatic heterocycles. The van der Waals surface area contributed by atoms with E-state index < -0.39 is 35.9 Å². The number of amides is 3. The standard InChI is InChI=1S/C21H39N3O5/c1-5-6-7-8-9-10-11-12-13-14-18(25)22-15(2)19(26)23-16(3)20(27)24-17(4)21(28)29/h15-17H,5-14H2,1-4H3,(H,22,25)(H,23,26)(H,24,27)(H,28,29). The molecule has 0 aliphatic carbocycles. The summed E-state index contributed by atoms with van der Waals surface area (Å²) in [5, 5.41) is 16.2. The topological polar surface area (TPSA) is 125 Å². The van der Waals surface area contributed by atoms with Crippen LogP contribution in [0.5, 0.6) is 0 Å². The lowest BCUT2D eigenvalue weighted by molar-refractivity contribution is -0.141. The average molecular weight is 414 g/mol. The Morgan fingerprint density at radius 2 is 1.07 bits per heavy atom. The van der Waals surface area contributed by atoms with E-state index in [0.29, 0.717) is 6.42 Å². The summed E-state index contributed by atoms with van der Waals surface area (Å²) in [6.45, 7) is 6.55. The number of carbonyl (C=O) groups is 4. The van der Waals surface area contributed by atoms with Gasteiger partial charge in [0.25, 0.3) is 0 Å². The number of unbranched alkanes of at least 4 members (excludes halogenated alkanes) is 8. The Kier molecular flexibility index (Phi) is 14.6. The lowest BCUT2D eigenvalue weighted by Gasteiger charge is -2.19. The molecule has 0 fully saturated rings. The van der Waals surface area contributed by atoms with Crippen molar-refractivity contribution in [3.63, 3.8) is 0 Å². The van der Waals surface area contributed by atoms with Crippen LogP contribution in [0.15, 0.2) is 0 Å². The molecule has 0 saturated carbocycles. The fourth-order valence-electron chi connectivity index (χ4n) is 2.78. The molecular formula is C21H39N3O5. The Balaban J connectivity index is 3.96. The van der Waals surface area contributed by atoms with Crippen LogP contribution in [0.3, 0.4) is 0 Å². The summed E-state index contributed by atoms with van der Waals surface area (Å²) in [4.78, 5) is 46.7. The van der Waals surface area contributed by atoms with Gasteiger partial charge in [0.05, 0.1) is 0 Å². The van der Waals surface area contributed by atoms with E-state index in [1.165, 1.54) is 52.4 Å². The van der Waals surface area contributed by atoms with E-state index >= 15 is 0 Å². The Labute approximate surface area is 174 Å². The second-order valence-corrected chi connectivity index (χ2v) is 7.67. The maximum absolute atomic E-state index is 12.1. The number of hydrogen-bond acceptors (Lipinski definition) is 4. The first kappa shape index (κ1) is 26.9. The third kappa shape index (κ3) is 13.7.